The maximum atomic E-state index is 13.4. The smallest absolute Gasteiger partial charge is 0.329 e. The summed E-state index contributed by atoms with van der Waals surface area (Å²) in [6, 6.07) is 4.30. The van der Waals surface area contributed by atoms with Gasteiger partial charge in [-0.1, -0.05) is 0 Å². The zero-order chi connectivity index (χ0) is 16.6. The molecule has 1 amide bonds. The maximum absolute atomic E-state index is 13.4. The third-order valence-electron chi connectivity index (χ3n) is 4.26. The minimum Gasteiger partial charge on any atom is -0.480 e. The number of aromatic nitrogens is 1. The molecule has 1 saturated heterocycles. The summed E-state index contributed by atoms with van der Waals surface area (Å²) in [6.07, 6.45) is 0.421. The Bertz CT molecular complexity index is 778. The summed E-state index contributed by atoms with van der Waals surface area (Å²) in [5.41, 5.74) is 0.0894. The SMILES string of the molecule is Cc1cc(F)cc2[nH]c(C(=O)NC3(C(=O)O)CCOCC3)cc12. The number of aliphatic carboxylic acids is 1. The van der Waals surface area contributed by atoms with Gasteiger partial charge in [0, 0.05) is 37.0 Å². The molecule has 1 fully saturated rings. The van der Waals surface area contributed by atoms with Crippen molar-refractivity contribution in [2.75, 3.05) is 13.2 Å². The number of H-pyrrole nitrogens is 1. The van der Waals surface area contributed by atoms with Gasteiger partial charge in [-0.2, -0.15) is 0 Å². The third-order valence-corrected chi connectivity index (χ3v) is 4.26. The van der Waals surface area contributed by atoms with Crippen molar-refractivity contribution in [2.24, 2.45) is 0 Å². The van der Waals surface area contributed by atoms with Crippen LogP contribution in [0, 0.1) is 12.7 Å². The molecule has 0 spiro atoms. The van der Waals surface area contributed by atoms with Gasteiger partial charge < -0.3 is 20.1 Å². The summed E-state index contributed by atoms with van der Waals surface area (Å²) < 4.78 is 18.6. The zero-order valence-electron chi connectivity index (χ0n) is 12.6. The Labute approximate surface area is 131 Å². The average Bonchev–Trinajstić information content (AvgIpc) is 2.92. The minimum absolute atomic E-state index is 0.209. The summed E-state index contributed by atoms with van der Waals surface area (Å²) in [5, 5.41) is 12.8. The number of hydrogen-bond donors (Lipinski definition) is 3. The molecular weight excluding hydrogens is 303 g/mol. The molecule has 0 atom stereocenters. The van der Waals surface area contributed by atoms with E-state index in [1.165, 1.54) is 12.1 Å². The molecule has 0 aliphatic carbocycles. The van der Waals surface area contributed by atoms with Crippen molar-refractivity contribution in [1.82, 2.24) is 10.3 Å². The van der Waals surface area contributed by atoms with E-state index in [-0.39, 0.29) is 31.7 Å². The summed E-state index contributed by atoms with van der Waals surface area (Å²) in [7, 11) is 0. The molecule has 3 N–H and O–H groups in total. The number of aryl methyl sites for hydroxylation is 1. The van der Waals surface area contributed by atoms with Crippen molar-refractivity contribution in [3.05, 3.63) is 35.3 Å². The fraction of sp³-hybridized carbons (Fsp3) is 0.375. The predicted octanol–water partition coefficient (Wildman–Crippen LogP) is 1.98. The Morgan fingerprint density at radius 1 is 1.30 bits per heavy atom. The summed E-state index contributed by atoms with van der Waals surface area (Å²) in [5.74, 6) is -1.99. The van der Waals surface area contributed by atoms with Crippen LogP contribution >= 0.6 is 0 Å². The van der Waals surface area contributed by atoms with E-state index in [0.717, 1.165) is 5.39 Å². The number of ether oxygens (including phenoxy) is 1. The molecule has 0 radical (unpaired) electrons. The highest BCUT2D eigenvalue weighted by Gasteiger charge is 2.42. The molecule has 2 heterocycles. The van der Waals surface area contributed by atoms with Crippen LogP contribution in [0.4, 0.5) is 4.39 Å². The zero-order valence-corrected chi connectivity index (χ0v) is 12.6. The molecule has 122 valence electrons. The van der Waals surface area contributed by atoms with Crippen molar-refractivity contribution >= 4 is 22.8 Å². The monoisotopic (exact) mass is 320 g/mol. The molecule has 3 rings (SSSR count). The normalized spacial score (nSPS) is 17.1. The van der Waals surface area contributed by atoms with Crippen LogP contribution in [0.3, 0.4) is 0 Å². The first kappa shape index (κ1) is 15.5. The number of amides is 1. The van der Waals surface area contributed by atoms with Crippen molar-refractivity contribution in [3.8, 4) is 0 Å². The molecule has 6 nitrogen and oxygen atoms in total. The standard InChI is InChI=1S/C16H17FN2O4/c1-9-6-10(17)7-12-11(9)8-13(18-12)14(20)19-16(15(21)22)2-4-23-5-3-16/h6-8,18H,2-5H2,1H3,(H,19,20)(H,21,22). The van der Waals surface area contributed by atoms with E-state index in [9.17, 15) is 19.1 Å². The number of hydrogen-bond acceptors (Lipinski definition) is 3. The Kier molecular flexibility index (Phi) is 3.81. The van der Waals surface area contributed by atoms with Crippen LogP contribution in [0.5, 0.6) is 0 Å². The summed E-state index contributed by atoms with van der Waals surface area (Å²) in [6.45, 7) is 2.31. The highest BCUT2D eigenvalue weighted by molar-refractivity contribution is 6.01. The second-order valence-corrected chi connectivity index (χ2v) is 5.82. The molecular formula is C16H17FN2O4. The highest BCUT2D eigenvalue weighted by atomic mass is 19.1. The first-order valence-electron chi connectivity index (χ1n) is 7.34. The quantitative estimate of drug-likeness (QED) is 0.806. The van der Waals surface area contributed by atoms with Crippen LogP contribution in [-0.2, 0) is 9.53 Å². The Morgan fingerprint density at radius 3 is 2.65 bits per heavy atom. The van der Waals surface area contributed by atoms with Crippen LogP contribution in [0.15, 0.2) is 18.2 Å². The molecule has 1 aromatic heterocycles. The maximum Gasteiger partial charge on any atom is 0.329 e. The predicted molar refractivity (Wildman–Crippen MR) is 80.9 cm³/mol. The van der Waals surface area contributed by atoms with E-state index in [4.69, 9.17) is 4.74 Å². The molecule has 23 heavy (non-hydrogen) atoms. The molecule has 1 aliphatic rings. The van der Waals surface area contributed by atoms with Crippen LogP contribution in [0.1, 0.15) is 28.9 Å². The molecule has 0 bridgehead atoms. The van der Waals surface area contributed by atoms with Crippen molar-refractivity contribution in [3.63, 3.8) is 0 Å². The lowest BCUT2D eigenvalue weighted by Gasteiger charge is -2.33. The number of rotatable bonds is 3. The second kappa shape index (κ2) is 5.66. The number of carboxylic acids is 1. The highest BCUT2D eigenvalue weighted by Crippen LogP contribution is 2.24. The molecule has 7 heteroatoms. The van der Waals surface area contributed by atoms with Gasteiger partial charge in [0.05, 0.1) is 0 Å². The molecule has 0 saturated carbocycles. The number of nitrogens with one attached hydrogen (secondary N) is 2. The number of halogens is 1. The molecule has 0 unspecified atom stereocenters. The van der Waals surface area contributed by atoms with Crippen molar-refractivity contribution in [1.29, 1.82) is 0 Å². The number of carbonyl (C=O) groups is 2. The first-order valence-corrected chi connectivity index (χ1v) is 7.34. The van der Waals surface area contributed by atoms with Gasteiger partial charge in [0.15, 0.2) is 0 Å². The first-order chi connectivity index (χ1) is 10.9. The number of fused-ring (bicyclic) bond motifs is 1. The number of carbonyl (C=O) groups excluding carboxylic acids is 1. The number of aromatic amines is 1. The molecule has 2 aromatic rings. The molecule has 1 aromatic carbocycles. The van der Waals surface area contributed by atoms with E-state index >= 15 is 0 Å². The van der Waals surface area contributed by atoms with Gasteiger partial charge in [0.25, 0.3) is 5.91 Å². The molecule has 1 aliphatic heterocycles. The minimum atomic E-state index is -1.33. The van der Waals surface area contributed by atoms with E-state index in [1.807, 2.05) is 0 Å². The van der Waals surface area contributed by atoms with Crippen LogP contribution in [0.2, 0.25) is 0 Å². The summed E-state index contributed by atoms with van der Waals surface area (Å²) in [4.78, 5) is 26.9. The van der Waals surface area contributed by atoms with E-state index in [2.05, 4.69) is 10.3 Å². The van der Waals surface area contributed by atoms with Gasteiger partial charge in [0.1, 0.15) is 17.1 Å². The van der Waals surface area contributed by atoms with Gasteiger partial charge in [-0.05, 0) is 30.7 Å². The van der Waals surface area contributed by atoms with Crippen LogP contribution < -0.4 is 5.32 Å². The number of benzene rings is 1. The van der Waals surface area contributed by atoms with Gasteiger partial charge >= 0.3 is 5.97 Å². The van der Waals surface area contributed by atoms with E-state index < -0.39 is 23.2 Å². The van der Waals surface area contributed by atoms with Crippen LogP contribution in [0.25, 0.3) is 10.9 Å². The summed E-state index contributed by atoms with van der Waals surface area (Å²) >= 11 is 0. The van der Waals surface area contributed by atoms with Gasteiger partial charge in [-0.25, -0.2) is 9.18 Å². The Hall–Kier alpha value is -2.41. The Morgan fingerprint density at radius 2 is 2.00 bits per heavy atom. The Balaban J connectivity index is 1.91. The van der Waals surface area contributed by atoms with Crippen molar-refractivity contribution < 1.29 is 23.8 Å². The number of carboxylic acid groups (broad SMARTS) is 1. The van der Waals surface area contributed by atoms with Gasteiger partial charge in [-0.3, -0.25) is 4.79 Å². The second-order valence-electron chi connectivity index (χ2n) is 5.82. The largest absolute Gasteiger partial charge is 0.480 e. The van der Waals surface area contributed by atoms with Gasteiger partial charge in [0.2, 0.25) is 0 Å². The fourth-order valence-corrected chi connectivity index (χ4v) is 2.89. The van der Waals surface area contributed by atoms with E-state index in [0.29, 0.717) is 11.1 Å². The van der Waals surface area contributed by atoms with E-state index in [1.54, 1.807) is 13.0 Å². The topological polar surface area (TPSA) is 91.4 Å². The third kappa shape index (κ3) is 2.79. The van der Waals surface area contributed by atoms with Crippen LogP contribution in [-0.4, -0.2) is 40.7 Å². The van der Waals surface area contributed by atoms with Gasteiger partial charge in [-0.15, -0.1) is 0 Å². The average molecular weight is 320 g/mol. The van der Waals surface area contributed by atoms with Crippen molar-refractivity contribution in [2.45, 2.75) is 25.3 Å². The lowest BCUT2D eigenvalue weighted by Crippen LogP contribution is -2.57. The lowest BCUT2D eigenvalue weighted by atomic mass is 9.90. The fourth-order valence-electron chi connectivity index (χ4n) is 2.89. The lowest BCUT2D eigenvalue weighted by molar-refractivity contribution is -0.148.